The minimum Gasteiger partial charge on any atom is -0.384 e. The van der Waals surface area contributed by atoms with Gasteiger partial charge in [-0.05, 0) is 81.5 Å². The first kappa shape index (κ1) is 18.0. The molecule has 0 aliphatic heterocycles. The van der Waals surface area contributed by atoms with Crippen LogP contribution >= 0.6 is 0 Å². The molecule has 0 heterocycles. The first-order chi connectivity index (χ1) is 10.8. The summed E-state index contributed by atoms with van der Waals surface area (Å²) in [7, 11) is 1.85. The third kappa shape index (κ3) is 6.07. The van der Waals surface area contributed by atoms with Crippen molar-refractivity contribution in [2.24, 2.45) is 23.7 Å². The smallest absolute Gasteiger partial charge is 0.0490 e. The number of hydrogen-bond donors (Lipinski definition) is 0. The van der Waals surface area contributed by atoms with Crippen LogP contribution in [-0.2, 0) is 4.74 Å². The van der Waals surface area contributed by atoms with E-state index in [1.54, 1.807) is 0 Å². The molecule has 0 aromatic heterocycles. The van der Waals surface area contributed by atoms with Gasteiger partial charge in [-0.2, -0.15) is 0 Å². The number of allylic oxidation sites excluding steroid dienone is 2. The molecule has 22 heavy (non-hydrogen) atoms. The van der Waals surface area contributed by atoms with Crippen molar-refractivity contribution in [2.75, 3.05) is 13.7 Å². The van der Waals surface area contributed by atoms with Crippen molar-refractivity contribution < 1.29 is 4.74 Å². The van der Waals surface area contributed by atoms with Gasteiger partial charge in [0.15, 0.2) is 0 Å². The van der Waals surface area contributed by atoms with Crippen molar-refractivity contribution in [1.82, 2.24) is 0 Å². The van der Waals surface area contributed by atoms with Crippen LogP contribution in [0, 0.1) is 23.7 Å². The van der Waals surface area contributed by atoms with Gasteiger partial charge in [0.2, 0.25) is 0 Å². The summed E-state index contributed by atoms with van der Waals surface area (Å²) in [5.74, 6) is 3.97. The predicted molar refractivity (Wildman–Crippen MR) is 96.1 cm³/mol. The van der Waals surface area contributed by atoms with Gasteiger partial charge in [0, 0.05) is 13.7 Å². The zero-order chi connectivity index (χ0) is 15.6. The average Bonchev–Trinajstić information content (AvgIpc) is 2.56. The predicted octanol–water partition coefficient (Wildman–Crippen LogP) is 6.38. The summed E-state index contributed by atoms with van der Waals surface area (Å²) < 4.78 is 5.33. The van der Waals surface area contributed by atoms with Crippen LogP contribution in [0.15, 0.2) is 12.2 Å². The second-order valence-electron chi connectivity index (χ2n) is 7.85. The van der Waals surface area contributed by atoms with E-state index in [1.807, 2.05) is 7.11 Å². The number of methoxy groups -OCH3 is 1. The second kappa shape index (κ2) is 10.5. The highest BCUT2D eigenvalue weighted by Crippen LogP contribution is 2.42. The van der Waals surface area contributed by atoms with Gasteiger partial charge in [0.25, 0.3) is 0 Å². The van der Waals surface area contributed by atoms with Gasteiger partial charge in [-0.15, -0.1) is 0 Å². The highest BCUT2D eigenvalue weighted by molar-refractivity contribution is 4.85. The lowest BCUT2D eigenvalue weighted by atomic mass is 9.69. The summed E-state index contributed by atoms with van der Waals surface area (Å²) in [6, 6.07) is 0. The highest BCUT2D eigenvalue weighted by Gasteiger charge is 2.30. The summed E-state index contributed by atoms with van der Waals surface area (Å²) >= 11 is 0. The molecule has 0 atom stereocenters. The van der Waals surface area contributed by atoms with E-state index in [0.29, 0.717) is 0 Å². The molecule has 2 aliphatic rings. The van der Waals surface area contributed by atoms with Crippen molar-refractivity contribution in [3.8, 4) is 0 Å². The van der Waals surface area contributed by atoms with E-state index in [4.69, 9.17) is 4.74 Å². The number of rotatable bonds is 8. The van der Waals surface area contributed by atoms with Crippen LogP contribution in [-0.4, -0.2) is 13.7 Å². The van der Waals surface area contributed by atoms with Crippen molar-refractivity contribution >= 4 is 0 Å². The van der Waals surface area contributed by atoms with Crippen LogP contribution in [0.25, 0.3) is 0 Å². The quantitative estimate of drug-likeness (QED) is 0.473. The van der Waals surface area contributed by atoms with Gasteiger partial charge >= 0.3 is 0 Å². The number of unbranched alkanes of at least 4 members (excludes halogenated alkanes) is 1. The third-order valence-corrected chi connectivity index (χ3v) is 6.22. The Morgan fingerprint density at radius 1 is 0.773 bits per heavy atom. The lowest BCUT2D eigenvalue weighted by Gasteiger charge is -2.37. The Hall–Kier alpha value is -0.300. The fourth-order valence-electron chi connectivity index (χ4n) is 4.74. The fraction of sp³-hybridized carbons (Fsp3) is 0.905. The minimum absolute atomic E-state index is 0.854. The average molecular weight is 307 g/mol. The summed E-state index contributed by atoms with van der Waals surface area (Å²) in [4.78, 5) is 0. The lowest BCUT2D eigenvalue weighted by molar-refractivity contribution is 0.0928. The first-order valence-corrected chi connectivity index (χ1v) is 9.97. The van der Waals surface area contributed by atoms with Crippen LogP contribution < -0.4 is 0 Å². The van der Waals surface area contributed by atoms with Crippen molar-refractivity contribution in [3.05, 3.63) is 12.2 Å². The standard InChI is InChI=1S/C21H38O/c1-3-4-5-6-7-8-18-9-13-20(14-10-18)21-15-11-19(12-16-21)17-22-2/h5-6,18-21H,3-4,7-17H2,1-2H3/b6-5+/t18-,19?,20-,21?. The van der Waals surface area contributed by atoms with Crippen molar-refractivity contribution in [1.29, 1.82) is 0 Å². The Bertz CT molecular complexity index is 293. The molecule has 0 saturated heterocycles. The van der Waals surface area contributed by atoms with Gasteiger partial charge < -0.3 is 4.74 Å². The fourth-order valence-corrected chi connectivity index (χ4v) is 4.74. The van der Waals surface area contributed by atoms with E-state index in [1.165, 1.54) is 77.0 Å². The molecule has 0 aromatic rings. The van der Waals surface area contributed by atoms with Crippen LogP contribution in [0.5, 0.6) is 0 Å². The molecule has 1 nitrogen and oxygen atoms in total. The van der Waals surface area contributed by atoms with Gasteiger partial charge in [0.1, 0.15) is 0 Å². The molecule has 128 valence electrons. The van der Waals surface area contributed by atoms with E-state index >= 15 is 0 Å². The topological polar surface area (TPSA) is 9.23 Å². The molecule has 2 saturated carbocycles. The highest BCUT2D eigenvalue weighted by atomic mass is 16.5. The summed E-state index contributed by atoms with van der Waals surface area (Å²) in [5.41, 5.74) is 0. The normalized spacial score (nSPS) is 33.4. The van der Waals surface area contributed by atoms with Gasteiger partial charge in [-0.3, -0.25) is 0 Å². The maximum absolute atomic E-state index is 5.33. The first-order valence-electron chi connectivity index (χ1n) is 9.97. The van der Waals surface area contributed by atoms with Crippen molar-refractivity contribution in [3.63, 3.8) is 0 Å². The lowest BCUT2D eigenvalue weighted by Crippen LogP contribution is -2.27. The maximum atomic E-state index is 5.33. The van der Waals surface area contributed by atoms with Gasteiger partial charge in [-0.25, -0.2) is 0 Å². The summed E-state index contributed by atoms with van der Waals surface area (Å²) in [6.45, 7) is 3.25. The molecular weight excluding hydrogens is 268 g/mol. The van der Waals surface area contributed by atoms with Gasteiger partial charge in [0.05, 0.1) is 0 Å². The van der Waals surface area contributed by atoms with E-state index in [-0.39, 0.29) is 0 Å². The molecular formula is C21H38O. The largest absolute Gasteiger partial charge is 0.384 e. The molecule has 2 fully saturated rings. The third-order valence-electron chi connectivity index (χ3n) is 6.22. The SMILES string of the molecule is CCC/C=C/CC[C@H]1CC[C@H](C2CCC(COC)CC2)CC1. The summed E-state index contributed by atoms with van der Waals surface area (Å²) in [6.07, 6.45) is 21.9. The van der Waals surface area contributed by atoms with E-state index < -0.39 is 0 Å². The maximum Gasteiger partial charge on any atom is 0.0490 e. The molecule has 2 rings (SSSR count). The zero-order valence-corrected chi connectivity index (χ0v) is 15.1. The Morgan fingerprint density at radius 3 is 1.86 bits per heavy atom. The van der Waals surface area contributed by atoms with E-state index in [0.717, 1.165) is 30.3 Å². The molecule has 0 unspecified atom stereocenters. The molecule has 2 aliphatic carbocycles. The molecule has 1 heteroatoms. The number of ether oxygens (including phenoxy) is 1. The molecule has 0 bridgehead atoms. The van der Waals surface area contributed by atoms with E-state index in [9.17, 15) is 0 Å². The molecule has 0 N–H and O–H groups in total. The van der Waals surface area contributed by atoms with Crippen LogP contribution in [0.3, 0.4) is 0 Å². The molecule has 0 amide bonds. The van der Waals surface area contributed by atoms with Crippen molar-refractivity contribution in [2.45, 2.75) is 84.0 Å². The minimum atomic E-state index is 0.854. The Balaban J connectivity index is 1.59. The monoisotopic (exact) mass is 306 g/mol. The number of hydrogen-bond acceptors (Lipinski definition) is 1. The second-order valence-corrected chi connectivity index (χ2v) is 7.85. The van der Waals surface area contributed by atoms with Crippen LogP contribution in [0.2, 0.25) is 0 Å². The van der Waals surface area contributed by atoms with Gasteiger partial charge in [-0.1, -0.05) is 38.3 Å². The molecule has 0 aromatic carbocycles. The molecule has 0 spiro atoms. The van der Waals surface area contributed by atoms with Crippen LogP contribution in [0.4, 0.5) is 0 Å². The van der Waals surface area contributed by atoms with Crippen LogP contribution in [0.1, 0.15) is 84.0 Å². The van der Waals surface area contributed by atoms with E-state index in [2.05, 4.69) is 19.1 Å². The zero-order valence-electron chi connectivity index (χ0n) is 15.1. The Labute approximate surface area is 138 Å². The Morgan fingerprint density at radius 2 is 1.32 bits per heavy atom. The molecule has 0 radical (unpaired) electrons. The Kier molecular flexibility index (Phi) is 8.59. The summed E-state index contributed by atoms with van der Waals surface area (Å²) in [5, 5.41) is 0.